The fourth-order valence-corrected chi connectivity index (χ4v) is 2.96. The van der Waals surface area contributed by atoms with E-state index >= 15 is 0 Å². The second-order valence-corrected chi connectivity index (χ2v) is 5.93. The van der Waals surface area contributed by atoms with Gasteiger partial charge in [-0.05, 0) is 48.9 Å². The first-order valence-corrected chi connectivity index (χ1v) is 7.58. The van der Waals surface area contributed by atoms with Crippen LogP contribution >= 0.6 is 0 Å². The van der Waals surface area contributed by atoms with Gasteiger partial charge in [0.1, 0.15) is 11.6 Å². The largest absolute Gasteiger partial charge is 0.398 e. The van der Waals surface area contributed by atoms with Crippen molar-refractivity contribution >= 4 is 28.1 Å². The van der Waals surface area contributed by atoms with E-state index in [9.17, 15) is 13.4 Å². The van der Waals surface area contributed by atoms with Crippen molar-refractivity contribution in [1.82, 2.24) is 0 Å². The van der Waals surface area contributed by atoms with E-state index < -0.39 is 16.7 Å². The average molecular weight is 306 g/mol. The minimum absolute atomic E-state index is 0.179. The normalized spacial score (nSPS) is 11.9. The zero-order chi connectivity index (χ0) is 15.4. The molecule has 2 aromatic rings. The molecule has 0 bridgehead atoms. The van der Waals surface area contributed by atoms with E-state index in [1.165, 1.54) is 24.3 Å². The van der Waals surface area contributed by atoms with Crippen molar-refractivity contribution < 1.29 is 13.4 Å². The number of hydrogen-bond acceptors (Lipinski definition) is 3. The molecule has 6 heteroatoms. The van der Waals surface area contributed by atoms with Gasteiger partial charge in [0.05, 0.1) is 10.8 Å². The number of nitrogens with two attached hydrogens (primary N) is 1. The van der Waals surface area contributed by atoms with E-state index in [4.69, 9.17) is 5.73 Å². The van der Waals surface area contributed by atoms with Gasteiger partial charge >= 0.3 is 0 Å². The van der Waals surface area contributed by atoms with Gasteiger partial charge in [0.25, 0.3) is 0 Å². The molecular weight excluding hydrogens is 291 g/mol. The highest BCUT2D eigenvalue weighted by atomic mass is 32.2. The van der Waals surface area contributed by atoms with Crippen molar-refractivity contribution in [2.75, 3.05) is 16.8 Å². The number of nitrogen functional groups attached to an aromatic ring is 1. The standard InChI is InChI=1S/C15H15FN2O2S/c1-10-13(17)3-2-4-14(10)21(20)9-15(19)18-12-7-5-11(16)6-8-12/h2-8H,9,17H2,1H3,(H,18,19). The first-order valence-electron chi connectivity index (χ1n) is 6.26. The lowest BCUT2D eigenvalue weighted by Gasteiger charge is -2.09. The third-order valence-electron chi connectivity index (χ3n) is 2.96. The summed E-state index contributed by atoms with van der Waals surface area (Å²) < 4.78 is 25.0. The smallest absolute Gasteiger partial charge is 0.237 e. The van der Waals surface area contributed by atoms with Crippen LogP contribution in [0.25, 0.3) is 0 Å². The van der Waals surface area contributed by atoms with E-state index in [1.807, 2.05) is 0 Å². The van der Waals surface area contributed by atoms with E-state index in [0.29, 0.717) is 21.8 Å². The molecule has 4 nitrogen and oxygen atoms in total. The maximum atomic E-state index is 12.8. The first kappa shape index (κ1) is 15.2. The van der Waals surface area contributed by atoms with Crippen LogP contribution in [0.4, 0.5) is 15.8 Å². The lowest BCUT2D eigenvalue weighted by atomic mass is 10.2. The molecule has 0 saturated carbocycles. The molecule has 3 N–H and O–H groups in total. The number of benzene rings is 2. The van der Waals surface area contributed by atoms with Gasteiger partial charge in [-0.25, -0.2) is 4.39 Å². The van der Waals surface area contributed by atoms with Crippen LogP contribution in [0.5, 0.6) is 0 Å². The Morgan fingerprint density at radius 1 is 1.24 bits per heavy atom. The quantitative estimate of drug-likeness (QED) is 0.852. The van der Waals surface area contributed by atoms with Crippen LogP contribution in [-0.4, -0.2) is 15.9 Å². The Morgan fingerprint density at radius 2 is 1.90 bits per heavy atom. The van der Waals surface area contributed by atoms with Gasteiger partial charge in [-0.15, -0.1) is 0 Å². The predicted molar refractivity (Wildman–Crippen MR) is 81.9 cm³/mol. The summed E-state index contributed by atoms with van der Waals surface area (Å²) in [5, 5.41) is 2.57. The van der Waals surface area contributed by atoms with Gasteiger partial charge in [-0.2, -0.15) is 0 Å². The Kier molecular flexibility index (Phi) is 4.70. The number of amides is 1. The van der Waals surface area contributed by atoms with Crippen LogP contribution in [0, 0.1) is 12.7 Å². The van der Waals surface area contributed by atoms with Crippen molar-refractivity contribution in [1.29, 1.82) is 0 Å². The highest BCUT2D eigenvalue weighted by Crippen LogP contribution is 2.19. The summed E-state index contributed by atoms with van der Waals surface area (Å²) in [4.78, 5) is 12.4. The molecule has 2 rings (SSSR count). The van der Waals surface area contributed by atoms with Crippen molar-refractivity contribution in [3.05, 3.63) is 53.8 Å². The molecule has 2 aromatic carbocycles. The van der Waals surface area contributed by atoms with Crippen LogP contribution in [0.15, 0.2) is 47.4 Å². The van der Waals surface area contributed by atoms with Gasteiger partial charge in [-0.1, -0.05) is 6.07 Å². The van der Waals surface area contributed by atoms with E-state index in [-0.39, 0.29) is 11.6 Å². The summed E-state index contributed by atoms with van der Waals surface area (Å²) in [6.45, 7) is 1.76. The van der Waals surface area contributed by atoms with Gasteiger partial charge in [0.2, 0.25) is 5.91 Å². The molecule has 0 aliphatic carbocycles. The first-order chi connectivity index (χ1) is 9.97. The molecular formula is C15H15FN2O2S. The third kappa shape index (κ3) is 3.88. The van der Waals surface area contributed by atoms with E-state index in [0.717, 1.165) is 0 Å². The number of hydrogen-bond donors (Lipinski definition) is 2. The molecule has 1 unspecified atom stereocenters. The van der Waals surface area contributed by atoms with E-state index in [1.54, 1.807) is 25.1 Å². The monoisotopic (exact) mass is 306 g/mol. The number of carbonyl (C=O) groups is 1. The molecule has 21 heavy (non-hydrogen) atoms. The van der Waals surface area contributed by atoms with Crippen LogP contribution in [0.1, 0.15) is 5.56 Å². The van der Waals surface area contributed by atoms with Crippen molar-refractivity contribution in [3.63, 3.8) is 0 Å². The summed E-state index contributed by atoms with van der Waals surface area (Å²) in [6, 6.07) is 10.5. The molecule has 0 fully saturated rings. The minimum Gasteiger partial charge on any atom is -0.398 e. The maximum Gasteiger partial charge on any atom is 0.237 e. The highest BCUT2D eigenvalue weighted by Gasteiger charge is 2.13. The minimum atomic E-state index is -1.48. The Labute approximate surface area is 124 Å². The Balaban J connectivity index is 2.04. The number of rotatable bonds is 4. The van der Waals surface area contributed by atoms with Crippen LogP contribution in [0.2, 0.25) is 0 Å². The molecule has 0 saturated heterocycles. The predicted octanol–water partition coefficient (Wildman–Crippen LogP) is 2.46. The molecule has 0 heterocycles. The topological polar surface area (TPSA) is 72.2 Å². The SMILES string of the molecule is Cc1c(N)cccc1S(=O)CC(=O)Nc1ccc(F)cc1. The van der Waals surface area contributed by atoms with E-state index in [2.05, 4.69) is 5.32 Å². The summed E-state index contributed by atoms with van der Waals surface area (Å²) >= 11 is 0. The van der Waals surface area contributed by atoms with Gasteiger partial charge in [0.15, 0.2) is 0 Å². The maximum absolute atomic E-state index is 12.8. The van der Waals surface area contributed by atoms with Crippen molar-refractivity contribution in [3.8, 4) is 0 Å². The van der Waals surface area contributed by atoms with Gasteiger partial charge < -0.3 is 11.1 Å². The number of nitrogens with one attached hydrogen (secondary N) is 1. The fourth-order valence-electron chi connectivity index (χ4n) is 1.81. The van der Waals surface area contributed by atoms with Crippen LogP contribution in [0.3, 0.4) is 0 Å². The zero-order valence-corrected chi connectivity index (χ0v) is 12.2. The van der Waals surface area contributed by atoms with Gasteiger partial charge in [-0.3, -0.25) is 9.00 Å². The fraction of sp³-hybridized carbons (Fsp3) is 0.133. The third-order valence-corrected chi connectivity index (χ3v) is 4.42. The summed E-state index contributed by atoms with van der Waals surface area (Å²) in [5.74, 6) is -0.962. The number of halogens is 1. The summed E-state index contributed by atoms with van der Waals surface area (Å²) in [7, 11) is -1.48. The second kappa shape index (κ2) is 6.49. The van der Waals surface area contributed by atoms with Crippen molar-refractivity contribution in [2.24, 2.45) is 0 Å². The van der Waals surface area contributed by atoms with Crippen LogP contribution < -0.4 is 11.1 Å². The second-order valence-electron chi connectivity index (χ2n) is 4.52. The molecule has 110 valence electrons. The lowest BCUT2D eigenvalue weighted by molar-refractivity contribution is -0.113. The zero-order valence-electron chi connectivity index (χ0n) is 11.4. The van der Waals surface area contributed by atoms with Crippen molar-refractivity contribution in [2.45, 2.75) is 11.8 Å². The molecule has 1 amide bonds. The Bertz CT molecular complexity index is 687. The molecule has 1 atom stereocenters. The molecule has 0 aliphatic heterocycles. The highest BCUT2D eigenvalue weighted by molar-refractivity contribution is 7.85. The molecule has 0 aliphatic rings. The Hall–Kier alpha value is -2.21. The lowest BCUT2D eigenvalue weighted by Crippen LogP contribution is -2.20. The molecule has 0 spiro atoms. The average Bonchev–Trinajstić information content (AvgIpc) is 2.44. The molecule has 0 radical (unpaired) electrons. The number of anilines is 2. The Morgan fingerprint density at radius 3 is 2.57 bits per heavy atom. The molecule has 0 aromatic heterocycles. The van der Waals surface area contributed by atoms with Gasteiger partial charge in [0, 0.05) is 16.3 Å². The number of carbonyl (C=O) groups excluding carboxylic acids is 1. The summed E-state index contributed by atoms with van der Waals surface area (Å²) in [6.07, 6.45) is 0. The summed E-state index contributed by atoms with van der Waals surface area (Å²) in [5.41, 5.74) is 7.47. The van der Waals surface area contributed by atoms with Crippen LogP contribution in [-0.2, 0) is 15.6 Å².